The zero-order valence-corrected chi connectivity index (χ0v) is 49.7. The van der Waals surface area contributed by atoms with E-state index in [1.54, 1.807) is 13.2 Å². The zero-order chi connectivity index (χ0) is 48.9. The summed E-state index contributed by atoms with van der Waals surface area (Å²) in [5.41, 5.74) is 8.76. The number of ether oxygens (including phenoxy) is 2. The summed E-state index contributed by atoms with van der Waals surface area (Å²) in [5.74, 6) is 2.51. The lowest BCUT2D eigenvalue weighted by atomic mass is 9.78. The number of methoxy groups -OCH3 is 2. The number of carbonyl (C=O) groups excluding carboxylic acids is 1. The maximum atomic E-state index is 13.0. The molecular formula is C55H54Cl4I4O5. The predicted molar refractivity (Wildman–Crippen MR) is 321 cm³/mol. The quantitative estimate of drug-likeness (QED) is 0.0357. The maximum Gasteiger partial charge on any atom is 0.340 e. The molecule has 5 nitrogen and oxygen atoms in total. The van der Waals surface area contributed by atoms with Gasteiger partial charge in [-0.2, -0.15) is 0 Å². The molecule has 13 heteroatoms. The highest BCUT2D eigenvalue weighted by Crippen LogP contribution is 2.53. The third kappa shape index (κ3) is 12.3. The van der Waals surface area contributed by atoms with Crippen LogP contribution < -0.4 is 10.2 Å². The zero-order valence-electron chi connectivity index (χ0n) is 38.1. The topological polar surface area (TPSA) is 65.7 Å². The average Bonchev–Trinajstić information content (AvgIpc) is 3.35. The van der Waals surface area contributed by atoms with Crippen molar-refractivity contribution in [3.05, 3.63) is 169 Å². The number of aryl methyl sites for hydroxylation is 1. The van der Waals surface area contributed by atoms with Crippen molar-refractivity contribution in [2.45, 2.75) is 97.8 Å². The van der Waals surface area contributed by atoms with Crippen LogP contribution in [0.3, 0.4) is 0 Å². The minimum Gasteiger partial charge on any atom is -0.494 e. The van der Waals surface area contributed by atoms with Gasteiger partial charge in [0.25, 0.3) is 0 Å². The molecule has 5 aromatic rings. The highest BCUT2D eigenvalue weighted by molar-refractivity contribution is 14.1. The third-order valence-electron chi connectivity index (χ3n) is 12.6. The fourth-order valence-electron chi connectivity index (χ4n) is 8.56. The second kappa shape index (κ2) is 25.7. The fourth-order valence-corrected chi connectivity index (χ4v) is 13.6. The number of carbonyl (C=O) groups is 1. The van der Waals surface area contributed by atoms with Gasteiger partial charge in [-0.15, -0.1) is 0 Å². The number of esters is 1. The summed E-state index contributed by atoms with van der Waals surface area (Å²) in [5, 5.41) is 0.401. The van der Waals surface area contributed by atoms with Crippen LogP contribution in [0, 0.1) is 14.3 Å². The van der Waals surface area contributed by atoms with Gasteiger partial charge in [-0.3, -0.25) is 4.79 Å². The molecule has 0 fully saturated rings. The Kier molecular flexibility index (Phi) is 21.5. The first-order valence-electron chi connectivity index (χ1n) is 22.0. The highest BCUT2D eigenvalue weighted by Gasteiger charge is 2.33. The van der Waals surface area contributed by atoms with E-state index < -0.39 is 5.97 Å². The van der Waals surface area contributed by atoms with E-state index in [2.05, 4.69) is 159 Å². The van der Waals surface area contributed by atoms with E-state index in [9.17, 15) is 9.59 Å². The van der Waals surface area contributed by atoms with Crippen molar-refractivity contribution in [1.82, 2.24) is 0 Å². The Balaban J connectivity index is 0.000000252. The number of hydrogen-bond donors (Lipinski definition) is 0. The first-order chi connectivity index (χ1) is 32.0. The molecule has 0 bridgehead atoms. The third-order valence-corrected chi connectivity index (χ3v) is 18.0. The largest absolute Gasteiger partial charge is 0.494 e. The molecule has 5 aromatic carbocycles. The number of benzene rings is 6. The van der Waals surface area contributed by atoms with Crippen LogP contribution in [0.4, 0.5) is 0 Å². The summed E-state index contributed by atoms with van der Waals surface area (Å²) >= 11 is 34.2. The van der Waals surface area contributed by atoms with E-state index in [0.29, 0.717) is 68.0 Å². The van der Waals surface area contributed by atoms with Gasteiger partial charge >= 0.3 is 5.97 Å². The summed E-state index contributed by atoms with van der Waals surface area (Å²) in [6, 6.07) is 33.5. The normalized spacial score (nSPS) is 13.0. The molecule has 2 aliphatic rings. The number of rotatable bonds is 14. The van der Waals surface area contributed by atoms with Crippen molar-refractivity contribution in [2.24, 2.45) is 0 Å². The monoisotopic (exact) mass is 1440 g/mol. The fraction of sp³-hybridized carbons (Fsp3) is 0.309. The lowest BCUT2D eigenvalue weighted by Gasteiger charge is -2.27. The molecule has 0 aromatic heterocycles. The van der Waals surface area contributed by atoms with Crippen LogP contribution >= 0.6 is 137 Å². The minimum atomic E-state index is -0.754. The van der Waals surface area contributed by atoms with Gasteiger partial charge in [0, 0.05) is 22.1 Å². The lowest BCUT2D eigenvalue weighted by molar-refractivity contribution is 0.0602. The van der Waals surface area contributed by atoms with Crippen molar-refractivity contribution >= 4 is 154 Å². The summed E-state index contributed by atoms with van der Waals surface area (Å²) in [6.07, 6.45) is 5.89. The first kappa shape index (κ1) is 57.0. The Morgan fingerprint density at radius 2 is 1.22 bits per heavy atom. The van der Waals surface area contributed by atoms with Crippen LogP contribution in [0.5, 0.6) is 5.75 Å². The van der Waals surface area contributed by atoms with Crippen LogP contribution in [0.25, 0.3) is 33.4 Å². The summed E-state index contributed by atoms with van der Waals surface area (Å²) in [4.78, 5) is 25.8. The molecule has 0 saturated carbocycles. The molecule has 68 heavy (non-hydrogen) atoms. The van der Waals surface area contributed by atoms with Gasteiger partial charge in [0.15, 0.2) is 11.3 Å². The summed E-state index contributed by atoms with van der Waals surface area (Å²) < 4.78 is 19.2. The highest BCUT2D eigenvalue weighted by atomic mass is 127. The molecule has 1 aliphatic carbocycles. The van der Waals surface area contributed by atoms with E-state index in [0.717, 1.165) is 9.99 Å². The van der Waals surface area contributed by atoms with E-state index >= 15 is 0 Å². The summed E-state index contributed by atoms with van der Waals surface area (Å²) in [7, 11) is 2.78. The molecule has 0 saturated heterocycles. The molecule has 360 valence electrons. The number of halogens is 8. The smallest absolute Gasteiger partial charge is 0.340 e. The van der Waals surface area contributed by atoms with Gasteiger partial charge in [0.1, 0.15) is 9.32 Å². The number of hydrogen-bond acceptors (Lipinski definition) is 5. The summed E-state index contributed by atoms with van der Waals surface area (Å²) in [6.45, 7) is 11.6. The van der Waals surface area contributed by atoms with Crippen LogP contribution in [0.2, 0.25) is 20.1 Å². The first-order valence-corrected chi connectivity index (χ1v) is 27.8. The molecule has 0 spiro atoms. The Morgan fingerprint density at radius 3 is 1.78 bits per heavy atom. The molecule has 1 aliphatic heterocycles. The second-order valence-electron chi connectivity index (χ2n) is 16.6. The van der Waals surface area contributed by atoms with E-state index in [1.165, 1.54) is 60.6 Å². The Labute approximate surface area is 476 Å². The van der Waals surface area contributed by atoms with Crippen LogP contribution in [0.1, 0.15) is 130 Å². The van der Waals surface area contributed by atoms with Gasteiger partial charge in [-0.1, -0.05) is 167 Å². The standard InChI is InChI=1S/C32H42.C22H8Cl4I4O5.CH4/c1-6-24(4)28-18-20-29(21-19-28)25(5)22-32(31-16-14-26(7-2)15-17-31)23-27(8-3)30-12-10-9-11-13-30;1-33-21-8(28)4-6-9(10-11(22(32)34-2)13(24)15(26)14(25)12(10)23)5-3-7(27)18(31)16(29)19(5)35-20(6)17(21)30;/h9-21,24-25,27,32H,6-8,22-23H2,1-5H3;3-4H,1-2H3;1H4. The second-order valence-corrected chi connectivity index (χ2v) is 22.6. The SMILES string of the molecule is C.CCc1ccc(C(CC(C)c2ccc(C(C)CC)cc2)CC(CC)c2ccccc2)cc1.COC(=O)c1c(Cl)c(Cl)c(Cl)c(Cl)c1-c1c2cc(I)c(=O)c(I)c-2oc2c(I)c(OC)c(I)cc12. The predicted octanol–water partition coefficient (Wildman–Crippen LogP) is 19.7. The molecule has 0 radical (unpaired) electrons. The van der Waals surface area contributed by atoms with Crippen LogP contribution in [0.15, 0.2) is 100 Å². The maximum absolute atomic E-state index is 13.0. The van der Waals surface area contributed by atoms with Crippen molar-refractivity contribution < 1.29 is 18.7 Å². The minimum absolute atomic E-state index is 0. The van der Waals surface area contributed by atoms with Gasteiger partial charge in [-0.05, 0) is 186 Å². The van der Waals surface area contributed by atoms with Crippen molar-refractivity contribution in [2.75, 3.05) is 14.2 Å². The van der Waals surface area contributed by atoms with Crippen LogP contribution in [-0.4, -0.2) is 20.2 Å². The number of fused-ring (bicyclic) bond motifs is 2. The molecule has 7 rings (SSSR count). The molecule has 4 atom stereocenters. The van der Waals surface area contributed by atoms with Gasteiger partial charge < -0.3 is 13.9 Å². The van der Waals surface area contributed by atoms with Gasteiger partial charge in [-0.25, -0.2) is 4.79 Å². The molecule has 4 unspecified atom stereocenters. The molecule has 1 heterocycles. The van der Waals surface area contributed by atoms with Crippen molar-refractivity contribution in [3.63, 3.8) is 0 Å². The van der Waals surface area contributed by atoms with Crippen molar-refractivity contribution in [3.8, 4) is 28.2 Å². The van der Waals surface area contributed by atoms with E-state index in [1.807, 2.05) is 51.2 Å². The Bertz CT molecular complexity index is 2910. The molecule has 0 amide bonds. The lowest BCUT2D eigenvalue weighted by Crippen LogP contribution is -2.13. The Hall–Kier alpha value is -1.86. The molecular weight excluding hydrogens is 1390 g/mol. The van der Waals surface area contributed by atoms with Gasteiger partial charge in [0.05, 0.1) is 50.6 Å². The molecule has 0 N–H and O–H groups in total. The Morgan fingerprint density at radius 1 is 0.647 bits per heavy atom. The van der Waals surface area contributed by atoms with Gasteiger partial charge in [0.2, 0.25) is 5.43 Å². The van der Waals surface area contributed by atoms with E-state index in [-0.39, 0.29) is 44.1 Å². The van der Waals surface area contributed by atoms with Crippen molar-refractivity contribution in [1.29, 1.82) is 0 Å². The van der Waals surface area contributed by atoms with E-state index in [4.69, 9.17) is 60.3 Å². The average molecular weight is 1440 g/mol. The van der Waals surface area contributed by atoms with Crippen LogP contribution in [-0.2, 0) is 11.2 Å².